The highest BCUT2D eigenvalue weighted by Gasteiger charge is 2.63. The van der Waals surface area contributed by atoms with Crippen molar-refractivity contribution >= 4 is 28.5 Å². The van der Waals surface area contributed by atoms with Crippen LogP contribution >= 0.6 is 10.8 Å². The van der Waals surface area contributed by atoms with Crippen molar-refractivity contribution in [2.24, 2.45) is 11.3 Å². The molecule has 0 spiro atoms. The van der Waals surface area contributed by atoms with Crippen LogP contribution in [-0.4, -0.2) is 67.5 Å². The summed E-state index contributed by atoms with van der Waals surface area (Å²) in [5, 5.41) is 18.4. The molecule has 0 aromatic heterocycles. The molecule has 7 rings (SSSR count). The van der Waals surface area contributed by atoms with Crippen molar-refractivity contribution in [3.05, 3.63) is 65.2 Å². The Morgan fingerprint density at radius 2 is 1.86 bits per heavy atom. The van der Waals surface area contributed by atoms with Crippen LogP contribution in [0.15, 0.2) is 42.5 Å². The van der Waals surface area contributed by atoms with Gasteiger partial charge in [-0.1, -0.05) is 18.2 Å². The minimum absolute atomic E-state index is 0.187. The number of fused-ring (bicyclic) bond motifs is 2. The lowest BCUT2D eigenvalue weighted by Gasteiger charge is -2.66. The van der Waals surface area contributed by atoms with Gasteiger partial charge in [0, 0.05) is 42.3 Å². The van der Waals surface area contributed by atoms with E-state index in [1.54, 1.807) is 22.5 Å². The molecule has 6 N–H and O–H groups in total. The van der Waals surface area contributed by atoms with Gasteiger partial charge >= 0.3 is 6.09 Å². The van der Waals surface area contributed by atoms with E-state index in [1.165, 1.54) is 24.3 Å². The second-order valence-electron chi connectivity index (χ2n) is 12.4. The standard InChI is InChI=1S/C30H38F2N4O5S/c31-20-8-6-19(7-9-20)26(30-13-18(14-30)15-30)27(35-29(38)39)28(37)34-25-5-1-4-24(32)23(25)11-10-22-16-33-21-3-2-12-42(40,41)36(22)17-21/h1,4-9,18,21-22,26-27,33,35,40-41H,2-3,10-17H2,(H,34,37)(H,38,39)/t18?,21?,22?,26-,27+,30?/m1/s1. The predicted octanol–water partition coefficient (Wildman–Crippen LogP) is 5.16. The molecule has 2 heterocycles. The average Bonchev–Trinajstić information content (AvgIpc) is 3.00. The molecule has 5 atom stereocenters. The van der Waals surface area contributed by atoms with Gasteiger partial charge in [0.2, 0.25) is 5.91 Å². The summed E-state index contributed by atoms with van der Waals surface area (Å²) in [7, 11) is -2.91. The molecule has 4 bridgehead atoms. The summed E-state index contributed by atoms with van der Waals surface area (Å²) in [6.07, 6.45) is 3.52. The van der Waals surface area contributed by atoms with Gasteiger partial charge in [0.15, 0.2) is 0 Å². The lowest BCUT2D eigenvalue weighted by molar-refractivity contribution is -0.143. The summed E-state index contributed by atoms with van der Waals surface area (Å²) in [4.78, 5) is 25.8. The Hall–Kier alpha value is -2.77. The maximum Gasteiger partial charge on any atom is 0.405 e. The second-order valence-corrected chi connectivity index (χ2v) is 14.6. The number of amides is 2. The Balaban J connectivity index is 1.23. The molecule has 3 unspecified atom stereocenters. The summed E-state index contributed by atoms with van der Waals surface area (Å²) in [5.74, 6) is -1.16. The van der Waals surface area contributed by atoms with Gasteiger partial charge in [-0.25, -0.2) is 17.9 Å². The summed E-state index contributed by atoms with van der Waals surface area (Å²) < 4.78 is 52.3. The molecule has 5 fully saturated rings. The van der Waals surface area contributed by atoms with Gasteiger partial charge < -0.3 is 21.1 Å². The molecule has 9 nitrogen and oxygen atoms in total. The quantitative estimate of drug-likeness (QED) is 0.233. The van der Waals surface area contributed by atoms with Crippen molar-refractivity contribution in [2.75, 3.05) is 24.2 Å². The van der Waals surface area contributed by atoms with E-state index < -0.39 is 46.4 Å². The van der Waals surface area contributed by atoms with E-state index in [9.17, 15) is 28.2 Å². The highest BCUT2D eigenvalue weighted by Crippen LogP contribution is 2.71. The summed E-state index contributed by atoms with van der Waals surface area (Å²) in [5.41, 5.74) is 0.955. The molecule has 3 aliphatic carbocycles. The topological polar surface area (TPSA) is 134 Å². The zero-order valence-corrected chi connectivity index (χ0v) is 24.1. The van der Waals surface area contributed by atoms with E-state index in [0.717, 1.165) is 32.1 Å². The number of nitrogens with one attached hydrogen (secondary N) is 3. The van der Waals surface area contributed by atoms with Crippen LogP contribution in [0.4, 0.5) is 19.3 Å². The van der Waals surface area contributed by atoms with Crippen molar-refractivity contribution in [2.45, 2.75) is 69.0 Å². The Labute approximate surface area is 245 Å². The van der Waals surface area contributed by atoms with Gasteiger partial charge in [0.05, 0.1) is 5.75 Å². The van der Waals surface area contributed by atoms with Crippen LogP contribution in [0.25, 0.3) is 0 Å². The first-order valence-corrected chi connectivity index (χ1v) is 16.3. The van der Waals surface area contributed by atoms with Crippen molar-refractivity contribution in [3.8, 4) is 0 Å². The van der Waals surface area contributed by atoms with Crippen LogP contribution in [0, 0.1) is 23.0 Å². The molecule has 228 valence electrons. The molecule has 12 heteroatoms. The summed E-state index contributed by atoms with van der Waals surface area (Å²) in [6.45, 7) is 1.06. The third-order valence-corrected chi connectivity index (χ3v) is 11.8. The normalized spacial score (nSPS) is 31.3. The summed E-state index contributed by atoms with van der Waals surface area (Å²) in [6, 6.07) is 9.04. The van der Waals surface area contributed by atoms with Crippen LogP contribution in [-0.2, 0) is 11.2 Å². The highest BCUT2D eigenvalue weighted by atomic mass is 32.3. The van der Waals surface area contributed by atoms with E-state index in [-0.39, 0.29) is 35.2 Å². The Morgan fingerprint density at radius 1 is 1.12 bits per heavy atom. The van der Waals surface area contributed by atoms with Crippen molar-refractivity contribution < 1.29 is 32.6 Å². The number of carbonyl (C=O) groups excluding carboxylic acids is 1. The molecule has 2 aliphatic heterocycles. The molecule has 2 amide bonds. The largest absolute Gasteiger partial charge is 0.465 e. The monoisotopic (exact) mass is 604 g/mol. The fourth-order valence-electron chi connectivity index (χ4n) is 7.65. The number of carbonyl (C=O) groups is 2. The second kappa shape index (κ2) is 11.4. The number of benzene rings is 2. The number of piperazine rings is 1. The average molecular weight is 605 g/mol. The summed E-state index contributed by atoms with van der Waals surface area (Å²) >= 11 is 0. The van der Waals surface area contributed by atoms with Crippen molar-refractivity contribution in [3.63, 3.8) is 0 Å². The number of anilines is 1. The third kappa shape index (κ3) is 5.62. The minimum Gasteiger partial charge on any atom is -0.465 e. The van der Waals surface area contributed by atoms with E-state index in [2.05, 4.69) is 16.0 Å². The fourth-order valence-corrected chi connectivity index (χ4v) is 9.52. The zero-order valence-electron chi connectivity index (χ0n) is 23.3. The van der Waals surface area contributed by atoms with Gasteiger partial charge in [-0.05, 0) is 86.1 Å². The SMILES string of the molecule is O=C(O)N[C@H](C(=O)Nc1cccc(F)c1CCC1CNC2CCCS(O)(O)N1C2)[C@@H](c1ccc(F)cc1)C12CC(C1)C2. The van der Waals surface area contributed by atoms with Gasteiger partial charge in [-0.15, -0.1) is 10.8 Å². The van der Waals surface area contributed by atoms with E-state index in [0.29, 0.717) is 36.7 Å². The van der Waals surface area contributed by atoms with Gasteiger partial charge in [-0.2, -0.15) is 0 Å². The Morgan fingerprint density at radius 3 is 2.52 bits per heavy atom. The van der Waals surface area contributed by atoms with Crippen LogP contribution < -0.4 is 16.0 Å². The van der Waals surface area contributed by atoms with Crippen LogP contribution in [0.1, 0.15) is 55.6 Å². The molecule has 42 heavy (non-hydrogen) atoms. The van der Waals surface area contributed by atoms with Crippen LogP contribution in [0.5, 0.6) is 0 Å². The van der Waals surface area contributed by atoms with Gasteiger partial charge in [0.1, 0.15) is 17.7 Å². The molecule has 5 aliphatic rings. The molecular formula is C30H38F2N4O5S. The Kier molecular flexibility index (Phi) is 7.94. The number of nitrogens with zero attached hydrogens (tertiary/aromatic N) is 1. The maximum atomic E-state index is 15.2. The molecular weight excluding hydrogens is 566 g/mol. The van der Waals surface area contributed by atoms with Crippen LogP contribution in [0.2, 0.25) is 0 Å². The minimum atomic E-state index is -2.91. The van der Waals surface area contributed by atoms with E-state index in [1.807, 2.05) is 0 Å². The number of hydrogen-bond acceptors (Lipinski definition) is 6. The van der Waals surface area contributed by atoms with Crippen molar-refractivity contribution in [1.82, 2.24) is 14.9 Å². The first-order chi connectivity index (χ1) is 20.0. The number of hydrogen-bond donors (Lipinski definition) is 6. The van der Waals surface area contributed by atoms with Gasteiger partial charge in [-0.3, -0.25) is 13.9 Å². The molecule has 2 aromatic carbocycles. The number of halogens is 2. The molecule has 2 aromatic rings. The fraction of sp³-hybridized carbons (Fsp3) is 0.533. The predicted molar refractivity (Wildman–Crippen MR) is 156 cm³/mol. The van der Waals surface area contributed by atoms with Crippen LogP contribution in [0.3, 0.4) is 0 Å². The lowest BCUT2D eigenvalue weighted by atomic mass is 9.38. The highest BCUT2D eigenvalue weighted by molar-refractivity contribution is 8.22. The van der Waals surface area contributed by atoms with E-state index >= 15 is 4.39 Å². The van der Waals surface area contributed by atoms with Gasteiger partial charge in [0.25, 0.3) is 0 Å². The first kappa shape index (κ1) is 29.3. The molecule has 2 saturated heterocycles. The molecule has 3 saturated carbocycles. The van der Waals surface area contributed by atoms with E-state index in [4.69, 9.17) is 0 Å². The molecule has 0 radical (unpaired) electrons. The van der Waals surface area contributed by atoms with Crippen molar-refractivity contribution in [1.29, 1.82) is 0 Å². The Bertz CT molecular complexity index is 1330. The third-order valence-electron chi connectivity index (χ3n) is 9.77. The number of rotatable bonds is 9. The lowest BCUT2D eigenvalue weighted by Crippen LogP contribution is -2.62. The smallest absolute Gasteiger partial charge is 0.405 e. The zero-order chi connectivity index (χ0) is 29.6. The number of carboxylic acid groups (broad SMARTS) is 1. The maximum absolute atomic E-state index is 15.2. The first-order valence-electron chi connectivity index (χ1n) is 14.6.